The maximum atomic E-state index is 12.1. The van der Waals surface area contributed by atoms with Crippen LogP contribution in [0.1, 0.15) is 11.1 Å². The van der Waals surface area contributed by atoms with Gasteiger partial charge in [0.15, 0.2) is 0 Å². The number of H-pyrrole nitrogens is 1. The highest BCUT2D eigenvalue weighted by molar-refractivity contribution is 5.95. The van der Waals surface area contributed by atoms with Crippen LogP contribution in [0.15, 0.2) is 55.1 Å². The molecule has 0 fully saturated rings. The lowest BCUT2D eigenvalue weighted by atomic mass is 10.1. The second-order valence-corrected chi connectivity index (χ2v) is 5.48. The van der Waals surface area contributed by atoms with Gasteiger partial charge in [-0.3, -0.25) is 9.78 Å². The molecule has 1 amide bonds. The number of halogens is 2. The first-order valence-corrected chi connectivity index (χ1v) is 7.76. The maximum absolute atomic E-state index is 12.1. The van der Waals surface area contributed by atoms with E-state index in [1.54, 1.807) is 24.7 Å². The number of pyridine rings is 2. The molecule has 0 saturated heterocycles. The first-order chi connectivity index (χ1) is 11.8. The molecule has 0 aliphatic heterocycles. The van der Waals surface area contributed by atoms with Crippen LogP contribution < -0.4 is 11.1 Å². The molecule has 138 valence electrons. The van der Waals surface area contributed by atoms with Crippen molar-refractivity contribution in [1.82, 2.24) is 20.3 Å². The predicted octanol–water partition coefficient (Wildman–Crippen LogP) is 2.50. The van der Waals surface area contributed by atoms with Crippen LogP contribution in [0, 0.1) is 0 Å². The molecule has 0 aliphatic carbocycles. The van der Waals surface area contributed by atoms with Gasteiger partial charge in [0.1, 0.15) is 5.65 Å². The molecule has 8 heteroatoms. The van der Waals surface area contributed by atoms with Gasteiger partial charge in [-0.05, 0) is 42.3 Å². The number of fused-ring (bicyclic) bond motifs is 1. The average molecular weight is 394 g/mol. The normalized spacial score (nSPS) is 11.6. The fraction of sp³-hybridized carbons (Fsp3) is 0.167. The highest BCUT2D eigenvalue weighted by atomic mass is 35.5. The predicted molar refractivity (Wildman–Crippen MR) is 109 cm³/mol. The van der Waals surface area contributed by atoms with Gasteiger partial charge in [-0.2, -0.15) is 0 Å². The highest BCUT2D eigenvalue weighted by Gasteiger charge is 2.10. The standard InChI is InChI=1S/C18H19N5O.2ClH/c19-11-15(10-13-5-8-20-9-6-13)23-17(24)4-3-14-12-22-18-16(14)2-1-7-21-18;;/h1-9,12,15H,10-11,19H2,(H,21,22)(H,23,24);2*1H/b4-3+;;/t15-;;/m0../s1. The van der Waals surface area contributed by atoms with E-state index < -0.39 is 0 Å². The minimum absolute atomic E-state index is 0. The summed E-state index contributed by atoms with van der Waals surface area (Å²) in [6.07, 6.45) is 11.0. The van der Waals surface area contributed by atoms with E-state index in [0.717, 1.165) is 22.2 Å². The van der Waals surface area contributed by atoms with Crippen LogP contribution in [-0.2, 0) is 11.2 Å². The molecule has 3 aromatic rings. The summed E-state index contributed by atoms with van der Waals surface area (Å²) in [5.41, 5.74) is 8.58. The summed E-state index contributed by atoms with van der Waals surface area (Å²) >= 11 is 0. The van der Waals surface area contributed by atoms with Gasteiger partial charge in [-0.15, -0.1) is 24.8 Å². The molecule has 3 heterocycles. The van der Waals surface area contributed by atoms with Crippen LogP contribution in [0.2, 0.25) is 0 Å². The Morgan fingerprint density at radius 1 is 1.23 bits per heavy atom. The molecule has 3 rings (SSSR count). The van der Waals surface area contributed by atoms with E-state index in [2.05, 4.69) is 20.3 Å². The van der Waals surface area contributed by atoms with Crippen molar-refractivity contribution in [2.75, 3.05) is 6.54 Å². The van der Waals surface area contributed by atoms with Crippen LogP contribution in [0.25, 0.3) is 17.1 Å². The number of nitrogens with zero attached hydrogens (tertiary/aromatic N) is 2. The Kier molecular flexibility index (Phi) is 8.78. The summed E-state index contributed by atoms with van der Waals surface area (Å²) < 4.78 is 0. The number of amides is 1. The number of carbonyl (C=O) groups is 1. The number of nitrogens with two attached hydrogens (primary N) is 1. The molecule has 4 N–H and O–H groups in total. The van der Waals surface area contributed by atoms with Gasteiger partial charge >= 0.3 is 0 Å². The first-order valence-electron chi connectivity index (χ1n) is 7.76. The minimum Gasteiger partial charge on any atom is -0.348 e. The number of nitrogens with one attached hydrogen (secondary N) is 2. The van der Waals surface area contributed by atoms with Crippen molar-refractivity contribution in [3.63, 3.8) is 0 Å². The summed E-state index contributed by atoms with van der Waals surface area (Å²) in [6.45, 7) is 0.374. The van der Waals surface area contributed by atoms with E-state index in [1.807, 2.05) is 30.5 Å². The van der Waals surface area contributed by atoms with Crippen molar-refractivity contribution in [1.29, 1.82) is 0 Å². The Labute approximate surface area is 164 Å². The van der Waals surface area contributed by atoms with Crippen LogP contribution in [0.4, 0.5) is 0 Å². The zero-order chi connectivity index (χ0) is 16.8. The molecule has 0 aromatic carbocycles. The lowest BCUT2D eigenvalue weighted by Gasteiger charge is -2.15. The molecule has 0 saturated carbocycles. The number of aromatic nitrogens is 3. The van der Waals surface area contributed by atoms with Crippen LogP contribution in [0.3, 0.4) is 0 Å². The van der Waals surface area contributed by atoms with E-state index in [-0.39, 0.29) is 36.8 Å². The van der Waals surface area contributed by atoms with Crippen LogP contribution >= 0.6 is 24.8 Å². The number of hydrogen-bond donors (Lipinski definition) is 3. The molecule has 3 aromatic heterocycles. The van der Waals surface area contributed by atoms with E-state index in [1.165, 1.54) is 6.08 Å². The van der Waals surface area contributed by atoms with Crippen molar-refractivity contribution < 1.29 is 4.79 Å². The van der Waals surface area contributed by atoms with Crippen molar-refractivity contribution >= 4 is 47.8 Å². The van der Waals surface area contributed by atoms with Gasteiger partial charge in [0.25, 0.3) is 0 Å². The fourth-order valence-electron chi connectivity index (χ4n) is 2.53. The van der Waals surface area contributed by atoms with Crippen LogP contribution in [-0.4, -0.2) is 33.4 Å². The monoisotopic (exact) mass is 393 g/mol. The SMILES string of the molecule is Cl.Cl.NC[C@H](Cc1ccncc1)NC(=O)/C=C/c1c[nH]c2ncccc12. The third kappa shape index (κ3) is 5.56. The van der Waals surface area contributed by atoms with Gasteiger partial charge < -0.3 is 16.0 Å². The van der Waals surface area contributed by atoms with Crippen molar-refractivity contribution in [3.8, 4) is 0 Å². The molecule has 0 radical (unpaired) electrons. The second kappa shape index (κ2) is 10.6. The third-order valence-corrected chi connectivity index (χ3v) is 3.76. The first kappa shape index (κ1) is 21.6. The Balaban J connectivity index is 0.00000169. The summed E-state index contributed by atoms with van der Waals surface area (Å²) in [7, 11) is 0. The van der Waals surface area contributed by atoms with Gasteiger partial charge in [0, 0.05) is 54.4 Å². The average Bonchev–Trinajstić information content (AvgIpc) is 3.03. The van der Waals surface area contributed by atoms with Gasteiger partial charge in [0.05, 0.1) is 0 Å². The third-order valence-electron chi connectivity index (χ3n) is 3.76. The topological polar surface area (TPSA) is 96.7 Å². The summed E-state index contributed by atoms with van der Waals surface area (Å²) in [5, 5.41) is 3.91. The molecule has 0 bridgehead atoms. The van der Waals surface area contributed by atoms with E-state index in [4.69, 9.17) is 5.73 Å². The fourth-order valence-corrected chi connectivity index (χ4v) is 2.53. The molecule has 1 atom stereocenters. The number of hydrogen-bond acceptors (Lipinski definition) is 4. The Morgan fingerprint density at radius 2 is 2.00 bits per heavy atom. The van der Waals surface area contributed by atoms with Crippen molar-refractivity contribution in [2.24, 2.45) is 5.73 Å². The quantitative estimate of drug-likeness (QED) is 0.560. The van der Waals surface area contributed by atoms with Crippen LogP contribution in [0.5, 0.6) is 0 Å². The lowest BCUT2D eigenvalue weighted by Crippen LogP contribution is -2.40. The zero-order valence-electron chi connectivity index (χ0n) is 14.0. The van der Waals surface area contributed by atoms with E-state index in [9.17, 15) is 4.79 Å². The van der Waals surface area contributed by atoms with Gasteiger partial charge in [-0.1, -0.05) is 0 Å². The van der Waals surface area contributed by atoms with Gasteiger partial charge in [-0.25, -0.2) is 4.98 Å². The Hall–Kier alpha value is -2.41. The summed E-state index contributed by atoms with van der Waals surface area (Å²) in [6, 6.07) is 7.55. The summed E-state index contributed by atoms with van der Waals surface area (Å²) in [5.74, 6) is -0.169. The Bertz CT molecular complexity index is 851. The molecule has 26 heavy (non-hydrogen) atoms. The molecule has 0 aliphatic rings. The van der Waals surface area contributed by atoms with Crippen molar-refractivity contribution in [3.05, 3.63) is 66.3 Å². The minimum atomic E-state index is -0.169. The molecule has 0 unspecified atom stereocenters. The number of rotatable bonds is 6. The lowest BCUT2D eigenvalue weighted by molar-refractivity contribution is -0.117. The Morgan fingerprint density at radius 3 is 2.73 bits per heavy atom. The molecular formula is C18H21Cl2N5O. The van der Waals surface area contributed by atoms with Gasteiger partial charge in [0.2, 0.25) is 5.91 Å². The van der Waals surface area contributed by atoms with Crippen molar-refractivity contribution in [2.45, 2.75) is 12.5 Å². The van der Waals surface area contributed by atoms with E-state index in [0.29, 0.717) is 13.0 Å². The second-order valence-electron chi connectivity index (χ2n) is 5.48. The zero-order valence-corrected chi connectivity index (χ0v) is 15.6. The number of aromatic amines is 1. The molecular weight excluding hydrogens is 373 g/mol. The highest BCUT2D eigenvalue weighted by Crippen LogP contribution is 2.16. The molecule has 0 spiro atoms. The smallest absolute Gasteiger partial charge is 0.244 e. The van der Waals surface area contributed by atoms with E-state index >= 15 is 0 Å². The summed E-state index contributed by atoms with van der Waals surface area (Å²) in [4.78, 5) is 23.4. The largest absolute Gasteiger partial charge is 0.348 e. The maximum Gasteiger partial charge on any atom is 0.244 e. The molecule has 6 nitrogen and oxygen atoms in total. The number of carbonyl (C=O) groups excluding carboxylic acids is 1.